The quantitative estimate of drug-likeness (QED) is 0.372. The monoisotopic (exact) mass is 490 g/mol. The van der Waals surface area contributed by atoms with Crippen LogP contribution in [0.25, 0.3) is 11.1 Å². The molecule has 1 fully saturated rings. The third-order valence-electron chi connectivity index (χ3n) is 6.37. The fraction of sp³-hybridized carbons (Fsp3) is 0.276. The van der Waals surface area contributed by atoms with Gasteiger partial charge in [0.1, 0.15) is 12.4 Å². The summed E-state index contributed by atoms with van der Waals surface area (Å²) >= 11 is 6.17. The number of hydrogen-bond acceptors (Lipinski definition) is 3. The molecule has 0 unspecified atom stereocenters. The van der Waals surface area contributed by atoms with Gasteiger partial charge in [0.15, 0.2) is 0 Å². The van der Waals surface area contributed by atoms with E-state index >= 15 is 0 Å². The number of benzene rings is 3. The highest BCUT2D eigenvalue weighted by molar-refractivity contribution is 6.30. The lowest BCUT2D eigenvalue weighted by Gasteiger charge is -2.32. The number of allylic oxidation sites excluding steroid dienone is 1. The first-order valence-corrected chi connectivity index (χ1v) is 12.4. The first kappa shape index (κ1) is 24.8. The van der Waals surface area contributed by atoms with Crippen molar-refractivity contribution in [3.8, 4) is 5.75 Å². The molecule has 1 aliphatic heterocycles. The number of halogens is 1. The number of carbonyl (C=O) groups is 1. The molecule has 0 spiro atoms. The van der Waals surface area contributed by atoms with Gasteiger partial charge in [-0.25, -0.2) is 4.79 Å². The van der Waals surface area contributed by atoms with Crippen LogP contribution < -0.4 is 4.74 Å². The number of carboxylic acid groups (broad SMARTS) is 1. The van der Waals surface area contributed by atoms with Gasteiger partial charge in [-0.3, -0.25) is 4.90 Å². The zero-order valence-electron chi connectivity index (χ0n) is 20.0. The van der Waals surface area contributed by atoms with E-state index in [0.29, 0.717) is 19.7 Å². The summed E-state index contributed by atoms with van der Waals surface area (Å²) in [6.07, 6.45) is 0.0570. The Balaban J connectivity index is 1.49. The Bertz CT molecular complexity index is 1140. The molecule has 6 heteroatoms. The zero-order chi connectivity index (χ0) is 24.6. The van der Waals surface area contributed by atoms with Crippen LogP contribution in [0.2, 0.25) is 5.02 Å². The van der Waals surface area contributed by atoms with E-state index in [2.05, 4.69) is 60.4 Å². The fourth-order valence-corrected chi connectivity index (χ4v) is 4.60. The molecule has 3 aromatic carbocycles. The molecule has 0 aliphatic carbocycles. The molecule has 1 saturated heterocycles. The molecule has 3 aromatic rings. The first-order chi connectivity index (χ1) is 17.0. The number of hydrogen-bond donors (Lipinski definition) is 1. The molecule has 0 radical (unpaired) electrons. The second-order valence-electron chi connectivity index (χ2n) is 8.56. The van der Waals surface area contributed by atoms with E-state index < -0.39 is 6.09 Å². The summed E-state index contributed by atoms with van der Waals surface area (Å²) in [5.41, 5.74) is 5.94. The minimum atomic E-state index is -0.841. The molecule has 1 N–H and O–H groups in total. The summed E-state index contributed by atoms with van der Waals surface area (Å²) in [5, 5.41) is 9.81. The molecule has 0 saturated carbocycles. The van der Waals surface area contributed by atoms with E-state index in [0.717, 1.165) is 48.0 Å². The largest absolute Gasteiger partial charge is 0.492 e. The van der Waals surface area contributed by atoms with Gasteiger partial charge in [-0.1, -0.05) is 73.1 Å². The van der Waals surface area contributed by atoms with Crippen LogP contribution in [0.15, 0.2) is 78.9 Å². The molecule has 0 aromatic heterocycles. The van der Waals surface area contributed by atoms with Crippen molar-refractivity contribution in [2.75, 3.05) is 39.3 Å². The van der Waals surface area contributed by atoms with Crippen molar-refractivity contribution in [3.63, 3.8) is 0 Å². The van der Waals surface area contributed by atoms with Gasteiger partial charge in [0.05, 0.1) is 0 Å². The van der Waals surface area contributed by atoms with Crippen LogP contribution in [0.4, 0.5) is 4.79 Å². The maximum absolute atomic E-state index is 11.1. The number of amides is 1. The Kier molecular flexibility index (Phi) is 8.45. The normalized spacial score (nSPS) is 15.0. The average molecular weight is 491 g/mol. The second kappa shape index (κ2) is 11.9. The summed E-state index contributed by atoms with van der Waals surface area (Å²) in [4.78, 5) is 14.8. The van der Waals surface area contributed by atoms with E-state index in [1.165, 1.54) is 21.6 Å². The highest BCUT2D eigenvalue weighted by atomic mass is 35.5. The molecule has 182 valence electrons. The Morgan fingerprint density at radius 3 is 2.03 bits per heavy atom. The topological polar surface area (TPSA) is 53.0 Å². The van der Waals surface area contributed by atoms with Gasteiger partial charge >= 0.3 is 6.09 Å². The molecule has 1 aliphatic rings. The van der Waals surface area contributed by atoms with E-state index in [9.17, 15) is 4.79 Å². The molecule has 0 atom stereocenters. The Hall–Kier alpha value is -3.28. The summed E-state index contributed by atoms with van der Waals surface area (Å²) in [5.74, 6) is 0.825. The third-order valence-corrected chi connectivity index (χ3v) is 6.62. The standard InChI is InChI=1S/C29H31ClN2O3/c1-2-27(22-6-4-3-5-7-22)28(23-8-12-25(30)13-9-23)24-10-14-26(15-11-24)35-21-20-31-16-18-32(19-17-31)29(33)34/h3-15H,2,16-21H2,1H3,(H,33,34)/b28-27-. The Morgan fingerprint density at radius 2 is 1.46 bits per heavy atom. The highest BCUT2D eigenvalue weighted by Crippen LogP contribution is 2.35. The maximum Gasteiger partial charge on any atom is 0.407 e. The van der Waals surface area contributed by atoms with E-state index in [-0.39, 0.29) is 0 Å². The van der Waals surface area contributed by atoms with Crippen molar-refractivity contribution in [3.05, 3.63) is 101 Å². The molecule has 35 heavy (non-hydrogen) atoms. The maximum atomic E-state index is 11.1. The molecule has 1 heterocycles. The summed E-state index contributed by atoms with van der Waals surface area (Å²) in [6.45, 7) is 6.10. The molecular formula is C29H31ClN2O3. The number of ether oxygens (including phenoxy) is 1. The van der Waals surface area contributed by atoms with Crippen molar-refractivity contribution < 1.29 is 14.6 Å². The van der Waals surface area contributed by atoms with Gasteiger partial charge in [-0.05, 0) is 58.5 Å². The van der Waals surface area contributed by atoms with E-state index in [1.807, 2.05) is 30.3 Å². The lowest BCUT2D eigenvalue weighted by atomic mass is 9.88. The number of nitrogens with zero attached hydrogens (tertiary/aromatic N) is 2. The van der Waals surface area contributed by atoms with Crippen molar-refractivity contribution in [1.29, 1.82) is 0 Å². The third kappa shape index (κ3) is 6.44. The van der Waals surface area contributed by atoms with Crippen LogP contribution in [0.3, 0.4) is 0 Å². The van der Waals surface area contributed by atoms with Gasteiger partial charge in [-0.15, -0.1) is 0 Å². The minimum absolute atomic E-state index is 0.547. The van der Waals surface area contributed by atoms with Gasteiger partial charge in [0, 0.05) is 37.7 Å². The predicted molar refractivity (Wildman–Crippen MR) is 142 cm³/mol. The first-order valence-electron chi connectivity index (χ1n) is 12.0. The minimum Gasteiger partial charge on any atom is -0.492 e. The Labute approximate surface area is 212 Å². The summed E-state index contributed by atoms with van der Waals surface area (Å²) < 4.78 is 6.01. The molecule has 5 nitrogen and oxygen atoms in total. The summed E-state index contributed by atoms with van der Waals surface area (Å²) in [6, 6.07) is 26.8. The van der Waals surface area contributed by atoms with Crippen LogP contribution in [0, 0.1) is 0 Å². The Morgan fingerprint density at radius 1 is 0.857 bits per heavy atom. The number of piperazine rings is 1. The number of rotatable bonds is 8. The van der Waals surface area contributed by atoms with Gasteiger partial charge in [0.25, 0.3) is 0 Å². The molecule has 1 amide bonds. The van der Waals surface area contributed by atoms with Gasteiger partial charge in [-0.2, -0.15) is 0 Å². The highest BCUT2D eigenvalue weighted by Gasteiger charge is 2.20. The molecular weight excluding hydrogens is 460 g/mol. The summed E-state index contributed by atoms with van der Waals surface area (Å²) in [7, 11) is 0. The van der Waals surface area contributed by atoms with Crippen molar-refractivity contribution in [2.24, 2.45) is 0 Å². The van der Waals surface area contributed by atoms with Crippen LogP contribution in [-0.4, -0.2) is 60.3 Å². The zero-order valence-corrected chi connectivity index (χ0v) is 20.7. The van der Waals surface area contributed by atoms with Crippen molar-refractivity contribution in [1.82, 2.24) is 9.80 Å². The van der Waals surface area contributed by atoms with Crippen LogP contribution in [0.1, 0.15) is 30.0 Å². The lowest BCUT2D eigenvalue weighted by Crippen LogP contribution is -2.49. The van der Waals surface area contributed by atoms with E-state index in [4.69, 9.17) is 21.4 Å². The lowest BCUT2D eigenvalue weighted by molar-refractivity contribution is 0.0985. The van der Waals surface area contributed by atoms with Crippen LogP contribution >= 0.6 is 11.6 Å². The van der Waals surface area contributed by atoms with Gasteiger partial charge < -0.3 is 14.7 Å². The van der Waals surface area contributed by atoms with E-state index in [1.54, 1.807) is 0 Å². The SMILES string of the molecule is CC/C(=C(\c1ccc(Cl)cc1)c1ccc(OCCN2CCN(C(=O)O)CC2)cc1)c1ccccc1. The smallest absolute Gasteiger partial charge is 0.407 e. The van der Waals surface area contributed by atoms with Crippen LogP contribution in [0.5, 0.6) is 5.75 Å². The molecule has 4 rings (SSSR count). The fourth-order valence-electron chi connectivity index (χ4n) is 4.47. The molecule has 0 bridgehead atoms. The van der Waals surface area contributed by atoms with Gasteiger partial charge in [0.2, 0.25) is 0 Å². The van der Waals surface area contributed by atoms with Crippen molar-refractivity contribution >= 4 is 28.8 Å². The predicted octanol–water partition coefficient (Wildman–Crippen LogP) is 6.38. The van der Waals surface area contributed by atoms with Crippen molar-refractivity contribution in [2.45, 2.75) is 13.3 Å². The second-order valence-corrected chi connectivity index (χ2v) is 9.00. The van der Waals surface area contributed by atoms with Crippen LogP contribution in [-0.2, 0) is 0 Å². The average Bonchev–Trinajstić information content (AvgIpc) is 2.89.